The van der Waals surface area contributed by atoms with Crippen LogP contribution in [-0.2, 0) is 10.8 Å². The molecule has 0 bridgehead atoms. The van der Waals surface area contributed by atoms with Crippen LogP contribution in [0.2, 0.25) is 0 Å². The maximum atomic E-state index is 6.87. The molecule has 0 radical (unpaired) electrons. The van der Waals surface area contributed by atoms with Crippen molar-refractivity contribution < 1.29 is 4.74 Å². The van der Waals surface area contributed by atoms with Crippen LogP contribution in [0.25, 0.3) is 27.6 Å². The van der Waals surface area contributed by atoms with Gasteiger partial charge in [-0.2, -0.15) is 0 Å². The Bertz CT molecular complexity index is 1970. The number of ether oxygens (including phenoxy) is 1. The molecule has 244 valence electrons. The normalized spacial score (nSPS) is 23.4. The van der Waals surface area contributed by atoms with Gasteiger partial charge in [-0.25, -0.2) is 4.98 Å². The summed E-state index contributed by atoms with van der Waals surface area (Å²) in [5.41, 5.74) is 6.60. The van der Waals surface area contributed by atoms with E-state index in [1.807, 2.05) is 6.20 Å². The molecule has 3 atom stereocenters. The zero-order valence-electron chi connectivity index (χ0n) is 29.3. The lowest BCUT2D eigenvalue weighted by atomic mass is 9.74. The smallest absolute Gasteiger partial charge is 0.137 e. The van der Waals surface area contributed by atoms with Crippen molar-refractivity contribution in [1.29, 1.82) is 0 Å². The maximum Gasteiger partial charge on any atom is 0.137 e. The predicted molar refractivity (Wildman–Crippen MR) is 195 cm³/mol. The number of nitrogens with zero attached hydrogens (tertiary/aromatic N) is 4. The van der Waals surface area contributed by atoms with E-state index in [2.05, 4.69) is 136 Å². The Balaban J connectivity index is 1.22. The molecule has 0 amide bonds. The van der Waals surface area contributed by atoms with E-state index in [1.165, 1.54) is 66.1 Å². The molecule has 47 heavy (non-hydrogen) atoms. The van der Waals surface area contributed by atoms with Gasteiger partial charge in [0.25, 0.3) is 0 Å². The first-order valence-corrected chi connectivity index (χ1v) is 17.7. The minimum atomic E-state index is -0.000809. The summed E-state index contributed by atoms with van der Waals surface area (Å²) in [6.07, 6.45) is 10.0. The van der Waals surface area contributed by atoms with Crippen LogP contribution in [0.1, 0.15) is 91.2 Å². The van der Waals surface area contributed by atoms with E-state index in [4.69, 9.17) is 9.72 Å². The molecule has 0 N–H and O–H groups in total. The number of rotatable bonds is 4. The number of hydrogen-bond acceptors (Lipinski definition) is 4. The van der Waals surface area contributed by atoms with Gasteiger partial charge >= 0.3 is 0 Å². The van der Waals surface area contributed by atoms with Crippen molar-refractivity contribution in [2.75, 3.05) is 18.6 Å². The Morgan fingerprint density at radius 3 is 2.21 bits per heavy atom. The molecule has 1 saturated heterocycles. The summed E-state index contributed by atoms with van der Waals surface area (Å²) >= 11 is 0. The largest absolute Gasteiger partial charge is 0.457 e. The van der Waals surface area contributed by atoms with E-state index in [0.29, 0.717) is 11.5 Å². The number of fused-ring (bicyclic) bond motifs is 3. The second kappa shape index (κ2) is 10.8. The molecular weight excluding hydrogens is 576 g/mol. The lowest BCUT2D eigenvalue weighted by Crippen LogP contribution is -2.62. The molecule has 3 fully saturated rings. The molecule has 1 aliphatic heterocycles. The van der Waals surface area contributed by atoms with Gasteiger partial charge in [0.1, 0.15) is 17.3 Å². The maximum absolute atomic E-state index is 6.87. The van der Waals surface area contributed by atoms with E-state index >= 15 is 0 Å². The Morgan fingerprint density at radius 2 is 1.45 bits per heavy atom. The van der Waals surface area contributed by atoms with Crippen molar-refractivity contribution >= 4 is 27.5 Å². The van der Waals surface area contributed by atoms with Crippen LogP contribution in [0.4, 0.5) is 5.69 Å². The third-order valence-corrected chi connectivity index (χ3v) is 11.7. The fourth-order valence-electron chi connectivity index (χ4n) is 9.31. The first kappa shape index (κ1) is 30.5. The van der Waals surface area contributed by atoms with E-state index in [1.54, 1.807) is 0 Å². The third kappa shape index (κ3) is 5.04. The summed E-state index contributed by atoms with van der Waals surface area (Å²) < 4.78 is 9.16. The summed E-state index contributed by atoms with van der Waals surface area (Å²) in [5.74, 6) is 2.68. The van der Waals surface area contributed by atoms with Crippen molar-refractivity contribution in [3.8, 4) is 17.3 Å². The molecule has 3 aliphatic rings. The average molecular weight is 627 g/mol. The zero-order chi connectivity index (χ0) is 32.7. The minimum Gasteiger partial charge on any atom is -0.457 e. The van der Waals surface area contributed by atoms with Crippen LogP contribution in [0, 0.1) is 5.41 Å². The molecule has 3 aromatic carbocycles. The molecule has 5 aromatic rings. The molecule has 2 saturated carbocycles. The van der Waals surface area contributed by atoms with Gasteiger partial charge in [0.05, 0.1) is 17.7 Å². The summed E-state index contributed by atoms with van der Waals surface area (Å²) in [6, 6.07) is 27.9. The highest BCUT2D eigenvalue weighted by Crippen LogP contribution is 2.57. The van der Waals surface area contributed by atoms with Gasteiger partial charge in [0, 0.05) is 52.3 Å². The molecule has 3 heterocycles. The quantitative estimate of drug-likeness (QED) is 0.199. The zero-order valence-corrected chi connectivity index (χ0v) is 29.3. The fraction of sp³-hybridized carbons (Fsp3) is 0.452. The van der Waals surface area contributed by atoms with E-state index in [-0.39, 0.29) is 10.8 Å². The van der Waals surface area contributed by atoms with Crippen molar-refractivity contribution in [2.24, 2.45) is 5.41 Å². The Hall–Kier alpha value is -3.83. The highest BCUT2D eigenvalue weighted by molar-refractivity contribution is 6.09. The summed E-state index contributed by atoms with van der Waals surface area (Å²) in [5, 5.41) is 2.42. The number of aromatic nitrogens is 2. The van der Waals surface area contributed by atoms with Crippen molar-refractivity contribution in [3.63, 3.8) is 0 Å². The number of anilines is 1. The van der Waals surface area contributed by atoms with Crippen LogP contribution in [0.3, 0.4) is 0 Å². The van der Waals surface area contributed by atoms with Gasteiger partial charge < -0.3 is 9.64 Å². The second-order valence-corrected chi connectivity index (χ2v) is 16.7. The molecule has 2 aromatic heterocycles. The highest BCUT2D eigenvalue weighted by atomic mass is 16.5. The fourth-order valence-corrected chi connectivity index (χ4v) is 9.31. The van der Waals surface area contributed by atoms with Gasteiger partial charge in [0.15, 0.2) is 0 Å². The van der Waals surface area contributed by atoms with Crippen LogP contribution >= 0.6 is 0 Å². The monoisotopic (exact) mass is 626 g/mol. The summed E-state index contributed by atoms with van der Waals surface area (Å²) in [7, 11) is 2.35. The van der Waals surface area contributed by atoms with Gasteiger partial charge in [-0.05, 0) is 97.2 Å². The number of hydrogen-bond donors (Lipinski definition) is 0. The van der Waals surface area contributed by atoms with Crippen molar-refractivity contribution in [2.45, 2.75) is 103 Å². The standard InChI is InChI=1S/C42H50N4O/c1-40(2,3)28-18-21-43-39(24-28)46-35-13-9-8-12-33(35)34-17-16-31(26-36(34)46)47-32-23-29(41(4,5)6)22-30(25-32)45-27-44(7)37-14-10-19-42(37)20-11-15-38(42)45/h8-9,12-13,16-18,21-26,37-38H,10-11,14-15,19-20,27H2,1-7H3. The molecule has 5 nitrogen and oxygen atoms in total. The van der Waals surface area contributed by atoms with Gasteiger partial charge in [-0.3, -0.25) is 9.47 Å². The number of pyridine rings is 1. The first-order valence-electron chi connectivity index (χ1n) is 17.7. The molecule has 1 spiro atoms. The molecule has 5 heteroatoms. The van der Waals surface area contributed by atoms with Crippen LogP contribution in [0.5, 0.6) is 11.5 Å². The van der Waals surface area contributed by atoms with Gasteiger partial charge in [-0.1, -0.05) is 72.6 Å². The molecular formula is C42H50N4O. The topological polar surface area (TPSA) is 33.5 Å². The van der Waals surface area contributed by atoms with E-state index < -0.39 is 0 Å². The van der Waals surface area contributed by atoms with Gasteiger partial charge in [-0.15, -0.1) is 0 Å². The summed E-state index contributed by atoms with van der Waals surface area (Å²) in [4.78, 5) is 10.3. The highest BCUT2D eigenvalue weighted by Gasteiger charge is 2.57. The van der Waals surface area contributed by atoms with E-state index in [9.17, 15) is 0 Å². The molecule has 8 rings (SSSR count). The van der Waals surface area contributed by atoms with Crippen LogP contribution in [0.15, 0.2) is 79.0 Å². The number of para-hydroxylation sites is 1. The Labute approximate surface area is 280 Å². The van der Waals surface area contributed by atoms with Gasteiger partial charge in [0.2, 0.25) is 0 Å². The minimum absolute atomic E-state index is 0.000809. The third-order valence-electron chi connectivity index (χ3n) is 11.7. The van der Waals surface area contributed by atoms with Crippen LogP contribution in [-0.4, -0.2) is 40.3 Å². The number of benzene rings is 3. The predicted octanol–water partition coefficient (Wildman–Crippen LogP) is 10.4. The Kier molecular flexibility index (Phi) is 7.04. The van der Waals surface area contributed by atoms with E-state index in [0.717, 1.165) is 41.1 Å². The Morgan fingerprint density at radius 1 is 0.723 bits per heavy atom. The second-order valence-electron chi connectivity index (χ2n) is 16.7. The summed E-state index contributed by atoms with van der Waals surface area (Å²) in [6.45, 7) is 14.7. The lowest BCUT2D eigenvalue weighted by molar-refractivity contribution is 0.0542. The SMILES string of the molecule is CN1CN(c2cc(Oc3ccc4c5ccccc5n(-c5cc(C(C)(C)C)ccn5)c4c3)cc(C(C)(C)C)c2)C2CCCC23CCCC13. The lowest BCUT2D eigenvalue weighted by Gasteiger charge is -2.54. The first-order chi connectivity index (χ1) is 22.4. The average Bonchev–Trinajstić information content (AvgIpc) is 3.75. The van der Waals surface area contributed by atoms with Crippen molar-refractivity contribution in [1.82, 2.24) is 14.5 Å². The van der Waals surface area contributed by atoms with Crippen LogP contribution < -0.4 is 9.64 Å². The molecule has 2 aliphatic carbocycles. The molecule has 3 unspecified atom stereocenters. The van der Waals surface area contributed by atoms with Crippen molar-refractivity contribution in [3.05, 3.63) is 90.1 Å².